The third-order valence-electron chi connectivity index (χ3n) is 0.703. The molecule has 4 heteroatoms. The SMILES string of the molecule is O=S(O)CCCCBr. The van der Waals surface area contributed by atoms with E-state index in [1.165, 1.54) is 0 Å². The molecule has 0 saturated heterocycles. The topological polar surface area (TPSA) is 37.3 Å². The lowest BCUT2D eigenvalue weighted by atomic mass is 10.4. The molecule has 0 aliphatic carbocycles. The van der Waals surface area contributed by atoms with Crippen LogP contribution in [-0.4, -0.2) is 19.8 Å². The first-order valence-corrected chi connectivity index (χ1v) is 4.80. The monoisotopic (exact) mass is 200 g/mol. The minimum Gasteiger partial charge on any atom is -0.306 e. The molecule has 1 atom stereocenters. The molecule has 0 aromatic rings. The Morgan fingerprint density at radius 3 is 2.50 bits per heavy atom. The van der Waals surface area contributed by atoms with Crippen molar-refractivity contribution in [3.63, 3.8) is 0 Å². The zero-order valence-corrected chi connectivity index (χ0v) is 6.87. The highest BCUT2D eigenvalue weighted by Crippen LogP contribution is 1.93. The fourth-order valence-corrected chi connectivity index (χ4v) is 1.17. The van der Waals surface area contributed by atoms with Gasteiger partial charge in [-0.05, 0) is 12.8 Å². The van der Waals surface area contributed by atoms with Crippen LogP contribution in [0.3, 0.4) is 0 Å². The maximum atomic E-state index is 9.97. The van der Waals surface area contributed by atoms with E-state index < -0.39 is 11.1 Å². The Hall–Kier alpha value is 0.590. The third-order valence-corrected chi connectivity index (χ3v) is 1.90. The smallest absolute Gasteiger partial charge is 0.152 e. The predicted octanol–water partition coefficient (Wildman–Crippen LogP) is 1.38. The van der Waals surface area contributed by atoms with Crippen molar-refractivity contribution in [2.75, 3.05) is 11.1 Å². The van der Waals surface area contributed by atoms with Gasteiger partial charge in [-0.2, -0.15) is 0 Å². The summed E-state index contributed by atoms with van der Waals surface area (Å²) in [5.74, 6) is 0.408. The molecular weight excluding hydrogens is 192 g/mol. The lowest BCUT2D eigenvalue weighted by Crippen LogP contribution is -1.93. The first-order chi connectivity index (χ1) is 3.77. The molecule has 0 fully saturated rings. The van der Waals surface area contributed by atoms with Crippen molar-refractivity contribution in [1.29, 1.82) is 0 Å². The molecule has 8 heavy (non-hydrogen) atoms. The third kappa shape index (κ3) is 6.59. The highest BCUT2D eigenvalue weighted by Gasteiger charge is 1.90. The van der Waals surface area contributed by atoms with Gasteiger partial charge in [-0.3, -0.25) is 0 Å². The van der Waals surface area contributed by atoms with Crippen molar-refractivity contribution in [1.82, 2.24) is 0 Å². The summed E-state index contributed by atoms with van der Waals surface area (Å²) < 4.78 is 18.2. The summed E-state index contributed by atoms with van der Waals surface area (Å²) in [5.41, 5.74) is 0. The molecule has 0 spiro atoms. The Morgan fingerprint density at radius 1 is 1.50 bits per heavy atom. The molecule has 2 nitrogen and oxygen atoms in total. The van der Waals surface area contributed by atoms with E-state index in [1.54, 1.807) is 0 Å². The van der Waals surface area contributed by atoms with E-state index in [1.807, 2.05) is 0 Å². The number of halogens is 1. The van der Waals surface area contributed by atoms with Crippen LogP contribution in [0.25, 0.3) is 0 Å². The van der Waals surface area contributed by atoms with Gasteiger partial charge in [0, 0.05) is 11.1 Å². The number of hydrogen-bond acceptors (Lipinski definition) is 1. The van der Waals surface area contributed by atoms with Crippen LogP contribution in [0.4, 0.5) is 0 Å². The molecule has 0 saturated carbocycles. The fraction of sp³-hybridized carbons (Fsp3) is 1.00. The molecule has 1 N–H and O–H groups in total. The molecule has 0 aromatic carbocycles. The zero-order valence-electron chi connectivity index (χ0n) is 4.47. The van der Waals surface area contributed by atoms with Gasteiger partial charge in [-0.1, -0.05) is 15.9 Å². The van der Waals surface area contributed by atoms with Crippen LogP contribution in [0.5, 0.6) is 0 Å². The van der Waals surface area contributed by atoms with Crippen LogP contribution in [0.15, 0.2) is 0 Å². The van der Waals surface area contributed by atoms with E-state index in [9.17, 15) is 4.21 Å². The summed E-state index contributed by atoms with van der Waals surface area (Å²) in [6.07, 6.45) is 1.81. The largest absolute Gasteiger partial charge is 0.306 e. The van der Waals surface area contributed by atoms with Gasteiger partial charge < -0.3 is 4.55 Å². The van der Waals surface area contributed by atoms with Crippen molar-refractivity contribution >= 4 is 27.0 Å². The molecule has 0 amide bonds. The maximum Gasteiger partial charge on any atom is 0.152 e. The van der Waals surface area contributed by atoms with Gasteiger partial charge >= 0.3 is 0 Å². The minimum absolute atomic E-state index is 0.408. The van der Waals surface area contributed by atoms with Crippen LogP contribution < -0.4 is 0 Å². The van der Waals surface area contributed by atoms with Gasteiger partial charge in [0.25, 0.3) is 0 Å². The number of alkyl halides is 1. The molecular formula is C4H9BrO2S. The maximum absolute atomic E-state index is 9.97. The molecule has 0 rings (SSSR count). The highest BCUT2D eigenvalue weighted by molar-refractivity contribution is 9.09. The Bertz CT molecular complexity index is 76.4. The Balaban J connectivity index is 2.82. The van der Waals surface area contributed by atoms with Gasteiger partial charge in [0.15, 0.2) is 11.1 Å². The summed E-state index contributed by atoms with van der Waals surface area (Å²) in [5, 5.41) is 0.921. The van der Waals surface area contributed by atoms with Gasteiger partial charge in [0.2, 0.25) is 0 Å². The van der Waals surface area contributed by atoms with Gasteiger partial charge in [-0.25, -0.2) is 4.21 Å². The van der Waals surface area contributed by atoms with Gasteiger partial charge in [0.1, 0.15) is 0 Å². The predicted molar refractivity (Wildman–Crippen MR) is 38.7 cm³/mol. The van der Waals surface area contributed by atoms with Gasteiger partial charge in [0.05, 0.1) is 0 Å². The van der Waals surface area contributed by atoms with E-state index >= 15 is 0 Å². The standard InChI is InChI=1S/C4H9BrO2S/c5-3-1-2-4-8(6)7/h1-4H2,(H,6,7). The van der Waals surface area contributed by atoms with Crippen molar-refractivity contribution in [3.8, 4) is 0 Å². The fourth-order valence-electron chi connectivity index (χ4n) is 0.320. The van der Waals surface area contributed by atoms with Crippen molar-refractivity contribution in [3.05, 3.63) is 0 Å². The quantitative estimate of drug-likeness (QED) is 0.424. The van der Waals surface area contributed by atoms with Crippen LogP contribution >= 0.6 is 15.9 Å². The van der Waals surface area contributed by atoms with Crippen molar-refractivity contribution in [2.24, 2.45) is 0 Å². The van der Waals surface area contributed by atoms with Crippen molar-refractivity contribution < 1.29 is 8.76 Å². The van der Waals surface area contributed by atoms with Gasteiger partial charge in [-0.15, -0.1) is 0 Å². The van der Waals surface area contributed by atoms with E-state index in [4.69, 9.17) is 4.55 Å². The van der Waals surface area contributed by atoms with Crippen LogP contribution in [-0.2, 0) is 11.1 Å². The summed E-state index contributed by atoms with van der Waals surface area (Å²) in [6, 6.07) is 0. The average Bonchev–Trinajstić information content (AvgIpc) is 1.66. The molecule has 0 aliphatic rings. The van der Waals surface area contributed by atoms with E-state index in [-0.39, 0.29) is 0 Å². The molecule has 0 bridgehead atoms. The van der Waals surface area contributed by atoms with E-state index in [0.717, 1.165) is 18.2 Å². The molecule has 0 aromatic heterocycles. The summed E-state index contributed by atoms with van der Waals surface area (Å²) in [7, 11) is 0. The van der Waals surface area contributed by atoms with E-state index in [2.05, 4.69) is 15.9 Å². The number of hydrogen-bond donors (Lipinski definition) is 1. The molecule has 0 heterocycles. The average molecular weight is 201 g/mol. The molecule has 50 valence electrons. The van der Waals surface area contributed by atoms with E-state index in [0.29, 0.717) is 5.75 Å². The second-order valence-corrected chi connectivity index (χ2v) is 3.27. The Morgan fingerprint density at radius 2 is 2.12 bits per heavy atom. The lowest BCUT2D eigenvalue weighted by molar-refractivity contribution is 0.561. The normalized spacial score (nSPS) is 13.8. The first-order valence-electron chi connectivity index (χ1n) is 2.41. The van der Waals surface area contributed by atoms with Crippen LogP contribution in [0.1, 0.15) is 12.8 Å². The zero-order chi connectivity index (χ0) is 6.41. The van der Waals surface area contributed by atoms with Crippen molar-refractivity contribution in [2.45, 2.75) is 12.8 Å². The highest BCUT2D eigenvalue weighted by atomic mass is 79.9. The molecule has 0 radical (unpaired) electrons. The second-order valence-electron chi connectivity index (χ2n) is 1.42. The minimum atomic E-state index is -1.59. The lowest BCUT2D eigenvalue weighted by Gasteiger charge is -1.89. The molecule has 1 unspecified atom stereocenters. The number of rotatable bonds is 4. The first kappa shape index (κ1) is 8.59. The Labute approximate surface area is 60.1 Å². The Kier molecular flexibility index (Phi) is 6.14. The summed E-state index contributed by atoms with van der Waals surface area (Å²) in [4.78, 5) is 0. The second kappa shape index (κ2) is 5.72. The van der Waals surface area contributed by atoms with Crippen LogP contribution in [0, 0.1) is 0 Å². The number of unbranched alkanes of at least 4 members (excludes halogenated alkanes) is 1. The molecule has 0 aliphatic heterocycles. The van der Waals surface area contributed by atoms with Crippen LogP contribution in [0.2, 0.25) is 0 Å². The summed E-state index contributed by atoms with van der Waals surface area (Å²) in [6.45, 7) is 0. The summed E-state index contributed by atoms with van der Waals surface area (Å²) >= 11 is 1.63.